The third-order valence-corrected chi connectivity index (χ3v) is 4.40. The molecule has 0 aromatic carbocycles. The molecule has 1 heterocycles. The third kappa shape index (κ3) is 1.83. The Morgan fingerprint density at radius 2 is 2.00 bits per heavy atom. The maximum absolute atomic E-state index is 13.2. The molecule has 1 rings (SSSR count). The third-order valence-electron chi connectivity index (χ3n) is 2.50. The van der Waals surface area contributed by atoms with Gasteiger partial charge in [-0.2, -0.15) is 0 Å². The predicted octanol–water partition coefficient (Wildman–Crippen LogP) is 0.439. The van der Waals surface area contributed by atoms with Gasteiger partial charge in [0.15, 0.2) is 9.84 Å². The Kier molecular flexibility index (Phi) is 2.40. The van der Waals surface area contributed by atoms with Crippen molar-refractivity contribution in [2.75, 3.05) is 18.1 Å². The summed E-state index contributed by atoms with van der Waals surface area (Å²) in [5.74, 6) is -4.22. The Bertz CT molecular complexity index is 299. The highest BCUT2D eigenvalue weighted by Gasteiger charge is 2.55. The molecule has 1 N–H and O–H groups in total. The van der Waals surface area contributed by atoms with Gasteiger partial charge in [0.05, 0.1) is 23.5 Å². The number of hydrogen-bond donors (Lipinski definition) is 1. The number of hydrogen-bond acceptors (Lipinski definition) is 3. The van der Waals surface area contributed by atoms with E-state index in [2.05, 4.69) is 0 Å². The number of alkyl halides is 2. The van der Waals surface area contributed by atoms with Crippen LogP contribution in [0.15, 0.2) is 0 Å². The number of sulfone groups is 1. The first-order valence-corrected chi connectivity index (χ1v) is 5.74. The summed E-state index contributed by atoms with van der Waals surface area (Å²) >= 11 is 0. The van der Waals surface area contributed by atoms with Crippen LogP contribution in [0.25, 0.3) is 0 Å². The van der Waals surface area contributed by atoms with E-state index in [0.717, 1.165) is 6.92 Å². The minimum absolute atomic E-state index is 0.490. The number of rotatable bonds is 1. The summed E-state index contributed by atoms with van der Waals surface area (Å²) in [4.78, 5) is 0. The van der Waals surface area contributed by atoms with E-state index < -0.39 is 45.7 Å². The SMILES string of the molecule is CC1(CO)CS(=O)(=O)CCC1(F)F. The molecule has 1 aliphatic heterocycles. The highest BCUT2D eigenvalue weighted by atomic mass is 32.2. The molecule has 0 aromatic rings. The van der Waals surface area contributed by atoms with Crippen LogP contribution < -0.4 is 0 Å². The molecule has 13 heavy (non-hydrogen) atoms. The summed E-state index contributed by atoms with van der Waals surface area (Å²) in [5, 5.41) is 8.77. The maximum Gasteiger partial charge on any atom is 0.257 e. The van der Waals surface area contributed by atoms with E-state index in [1.807, 2.05) is 0 Å². The quantitative estimate of drug-likeness (QED) is 0.689. The number of halogens is 2. The summed E-state index contributed by atoms with van der Waals surface area (Å²) in [6.07, 6.45) is -0.688. The van der Waals surface area contributed by atoms with Gasteiger partial charge in [0.1, 0.15) is 0 Å². The van der Waals surface area contributed by atoms with Gasteiger partial charge < -0.3 is 5.11 Å². The molecule has 0 spiro atoms. The van der Waals surface area contributed by atoms with Crippen molar-refractivity contribution in [3.05, 3.63) is 0 Å². The van der Waals surface area contributed by atoms with E-state index in [9.17, 15) is 17.2 Å². The fraction of sp³-hybridized carbons (Fsp3) is 1.00. The first-order chi connectivity index (χ1) is 5.72. The van der Waals surface area contributed by atoms with Gasteiger partial charge in [-0.05, 0) is 0 Å². The van der Waals surface area contributed by atoms with Gasteiger partial charge >= 0.3 is 0 Å². The highest BCUT2D eigenvalue weighted by molar-refractivity contribution is 7.91. The van der Waals surface area contributed by atoms with E-state index in [4.69, 9.17) is 5.11 Å². The molecule has 1 saturated heterocycles. The topological polar surface area (TPSA) is 54.4 Å². The van der Waals surface area contributed by atoms with Crippen molar-refractivity contribution in [3.8, 4) is 0 Å². The Balaban J connectivity index is 3.01. The summed E-state index contributed by atoms with van der Waals surface area (Å²) in [5.41, 5.74) is -1.82. The van der Waals surface area contributed by atoms with Gasteiger partial charge in [0.25, 0.3) is 5.92 Å². The number of aliphatic hydroxyl groups excluding tert-OH is 1. The van der Waals surface area contributed by atoms with E-state index in [1.54, 1.807) is 0 Å². The molecule has 1 unspecified atom stereocenters. The second kappa shape index (κ2) is 2.88. The predicted molar refractivity (Wildman–Crippen MR) is 43.4 cm³/mol. The molecule has 0 aliphatic carbocycles. The molecule has 0 bridgehead atoms. The van der Waals surface area contributed by atoms with Crippen LogP contribution in [-0.4, -0.2) is 37.6 Å². The van der Waals surface area contributed by atoms with Gasteiger partial charge in [0.2, 0.25) is 0 Å². The van der Waals surface area contributed by atoms with Crippen LogP contribution >= 0.6 is 0 Å². The van der Waals surface area contributed by atoms with Gasteiger partial charge in [0, 0.05) is 6.42 Å². The lowest BCUT2D eigenvalue weighted by Gasteiger charge is -2.39. The van der Waals surface area contributed by atoms with Crippen LogP contribution in [0, 0.1) is 5.41 Å². The Hall–Kier alpha value is -0.230. The second-order valence-electron chi connectivity index (χ2n) is 3.77. The van der Waals surface area contributed by atoms with Gasteiger partial charge in [-0.3, -0.25) is 0 Å². The van der Waals surface area contributed by atoms with Crippen molar-refractivity contribution in [1.29, 1.82) is 0 Å². The summed E-state index contributed by atoms with van der Waals surface area (Å²) in [6, 6.07) is 0. The zero-order valence-corrected chi connectivity index (χ0v) is 8.07. The zero-order chi connectivity index (χ0) is 10.3. The van der Waals surface area contributed by atoms with Gasteiger partial charge in [-0.25, -0.2) is 17.2 Å². The second-order valence-corrected chi connectivity index (χ2v) is 5.95. The molecule has 0 aromatic heterocycles. The average molecular weight is 214 g/mol. The maximum atomic E-state index is 13.2. The smallest absolute Gasteiger partial charge is 0.257 e. The number of aliphatic hydroxyl groups is 1. The summed E-state index contributed by atoms with van der Waals surface area (Å²) < 4.78 is 48.5. The first kappa shape index (κ1) is 10.8. The Morgan fingerprint density at radius 3 is 2.38 bits per heavy atom. The molecule has 0 saturated carbocycles. The zero-order valence-electron chi connectivity index (χ0n) is 7.26. The van der Waals surface area contributed by atoms with E-state index >= 15 is 0 Å². The highest BCUT2D eigenvalue weighted by Crippen LogP contribution is 2.43. The van der Waals surface area contributed by atoms with Gasteiger partial charge in [-0.15, -0.1) is 0 Å². The van der Waals surface area contributed by atoms with Crippen molar-refractivity contribution >= 4 is 9.84 Å². The van der Waals surface area contributed by atoms with Crippen LogP contribution in [-0.2, 0) is 9.84 Å². The van der Waals surface area contributed by atoms with E-state index in [1.165, 1.54) is 0 Å². The largest absolute Gasteiger partial charge is 0.396 e. The van der Waals surface area contributed by atoms with Crippen molar-refractivity contribution in [2.45, 2.75) is 19.3 Å². The van der Waals surface area contributed by atoms with Gasteiger partial charge in [-0.1, -0.05) is 6.92 Å². The van der Waals surface area contributed by atoms with E-state index in [0.29, 0.717) is 0 Å². The normalized spacial score (nSPS) is 37.2. The summed E-state index contributed by atoms with van der Waals surface area (Å²) in [7, 11) is -3.41. The molecule has 0 radical (unpaired) electrons. The van der Waals surface area contributed by atoms with Crippen molar-refractivity contribution < 1.29 is 22.3 Å². The lowest BCUT2D eigenvalue weighted by atomic mass is 9.84. The molecule has 3 nitrogen and oxygen atoms in total. The van der Waals surface area contributed by atoms with Crippen LogP contribution in [0.2, 0.25) is 0 Å². The molecule has 0 amide bonds. The molecule has 6 heteroatoms. The Labute approximate surface area is 75.7 Å². The van der Waals surface area contributed by atoms with Crippen LogP contribution in [0.4, 0.5) is 8.78 Å². The first-order valence-electron chi connectivity index (χ1n) is 3.92. The van der Waals surface area contributed by atoms with Crippen molar-refractivity contribution in [1.82, 2.24) is 0 Å². The summed E-state index contributed by atoms with van der Waals surface area (Å²) in [6.45, 7) is 0.295. The van der Waals surface area contributed by atoms with Crippen LogP contribution in [0.5, 0.6) is 0 Å². The molecule has 1 aliphatic rings. The average Bonchev–Trinajstić information content (AvgIpc) is 1.98. The van der Waals surface area contributed by atoms with E-state index in [-0.39, 0.29) is 0 Å². The lowest BCUT2D eigenvalue weighted by Crippen LogP contribution is -2.52. The fourth-order valence-electron chi connectivity index (χ4n) is 1.41. The monoisotopic (exact) mass is 214 g/mol. The van der Waals surface area contributed by atoms with Crippen LogP contribution in [0.3, 0.4) is 0 Å². The minimum Gasteiger partial charge on any atom is -0.396 e. The standard InChI is InChI=1S/C7H12F2O3S/c1-6(4-10)5-13(11,12)3-2-7(6,8)9/h10H,2-5H2,1H3. The lowest BCUT2D eigenvalue weighted by molar-refractivity contribution is -0.128. The molecule has 1 fully saturated rings. The minimum atomic E-state index is -3.41. The van der Waals surface area contributed by atoms with Crippen molar-refractivity contribution in [3.63, 3.8) is 0 Å². The Morgan fingerprint density at radius 1 is 1.46 bits per heavy atom. The molecule has 78 valence electrons. The fourth-order valence-corrected chi connectivity index (χ4v) is 3.39. The molecular formula is C7H12F2O3S. The van der Waals surface area contributed by atoms with Crippen molar-refractivity contribution in [2.24, 2.45) is 5.41 Å². The molecular weight excluding hydrogens is 202 g/mol. The molecule has 1 atom stereocenters. The van der Waals surface area contributed by atoms with Crippen LogP contribution in [0.1, 0.15) is 13.3 Å².